The van der Waals surface area contributed by atoms with Crippen molar-refractivity contribution < 1.29 is 9.59 Å². The molecule has 1 aromatic heterocycles. The Balaban J connectivity index is 2.03. The largest absolute Gasteiger partial charge is 0.348 e. The van der Waals surface area contributed by atoms with Gasteiger partial charge in [0, 0.05) is 12.2 Å². The zero-order valence-electron chi connectivity index (χ0n) is 12.6. The Hall–Kier alpha value is -2.70. The Morgan fingerprint density at radius 3 is 2.68 bits per heavy atom. The van der Waals surface area contributed by atoms with Gasteiger partial charge in [-0.15, -0.1) is 0 Å². The van der Waals surface area contributed by atoms with E-state index in [1.54, 1.807) is 23.1 Å². The maximum absolute atomic E-state index is 11.9. The topological polar surface area (TPSA) is 88.9 Å². The Kier molecular flexibility index (Phi) is 5.24. The summed E-state index contributed by atoms with van der Waals surface area (Å²) in [5.41, 5.74) is 1.43. The molecule has 0 unspecified atom stereocenters. The molecule has 0 saturated heterocycles. The predicted molar refractivity (Wildman–Crippen MR) is 82.0 cm³/mol. The van der Waals surface area contributed by atoms with Gasteiger partial charge < -0.3 is 10.6 Å². The van der Waals surface area contributed by atoms with Gasteiger partial charge in [0.15, 0.2) is 0 Å². The van der Waals surface area contributed by atoms with E-state index in [4.69, 9.17) is 0 Å². The fraction of sp³-hybridized carbons (Fsp3) is 0.333. The van der Waals surface area contributed by atoms with Crippen LogP contribution in [0.1, 0.15) is 19.4 Å². The van der Waals surface area contributed by atoms with Crippen LogP contribution in [0.3, 0.4) is 0 Å². The molecule has 0 radical (unpaired) electrons. The maximum atomic E-state index is 11.9. The molecule has 22 heavy (non-hydrogen) atoms. The van der Waals surface area contributed by atoms with E-state index in [0.717, 1.165) is 5.56 Å². The second kappa shape index (κ2) is 7.35. The molecule has 2 aromatic rings. The highest BCUT2D eigenvalue weighted by molar-refractivity contribution is 6.39. The molecule has 7 nitrogen and oxygen atoms in total. The molecule has 1 aromatic carbocycles. The molecule has 7 heteroatoms. The summed E-state index contributed by atoms with van der Waals surface area (Å²) in [6, 6.07) is 7.27. The third-order valence-corrected chi connectivity index (χ3v) is 2.94. The van der Waals surface area contributed by atoms with Gasteiger partial charge in [-0.05, 0) is 17.5 Å². The van der Waals surface area contributed by atoms with E-state index in [2.05, 4.69) is 20.7 Å². The number of amides is 2. The lowest BCUT2D eigenvalue weighted by molar-refractivity contribution is -0.136. The summed E-state index contributed by atoms with van der Waals surface area (Å²) in [5.74, 6) is -1.02. The smallest absolute Gasteiger partial charge is 0.313 e. The van der Waals surface area contributed by atoms with Gasteiger partial charge in [-0.3, -0.25) is 9.59 Å². The number of nitrogens with one attached hydrogen (secondary N) is 2. The minimum Gasteiger partial charge on any atom is -0.348 e. The van der Waals surface area contributed by atoms with Crippen molar-refractivity contribution in [2.45, 2.75) is 20.4 Å². The van der Waals surface area contributed by atoms with E-state index in [0.29, 0.717) is 18.8 Å². The summed E-state index contributed by atoms with van der Waals surface area (Å²) in [7, 11) is 0. The van der Waals surface area contributed by atoms with Crippen LogP contribution >= 0.6 is 0 Å². The van der Waals surface area contributed by atoms with Crippen molar-refractivity contribution in [3.63, 3.8) is 0 Å². The summed E-state index contributed by atoms with van der Waals surface area (Å²) in [4.78, 5) is 27.5. The number of anilines is 1. The standard InChI is InChI=1S/C15H19N5O2/c1-11(2)7-17-14(21)15(22)19-13-6-4-3-5-12(13)8-20-10-16-9-18-20/h3-6,9-11H,7-8H2,1-2H3,(H,17,21)(H,19,22). The zero-order valence-corrected chi connectivity index (χ0v) is 12.6. The van der Waals surface area contributed by atoms with Gasteiger partial charge in [0.05, 0.1) is 6.54 Å². The normalized spacial score (nSPS) is 10.5. The van der Waals surface area contributed by atoms with Crippen LogP contribution in [0.2, 0.25) is 0 Å². The molecular weight excluding hydrogens is 282 g/mol. The number of hydrogen-bond acceptors (Lipinski definition) is 4. The number of hydrogen-bond donors (Lipinski definition) is 2. The Morgan fingerprint density at radius 2 is 2.00 bits per heavy atom. The third-order valence-electron chi connectivity index (χ3n) is 2.94. The Labute approximate surface area is 128 Å². The fourth-order valence-corrected chi connectivity index (χ4v) is 1.83. The van der Waals surface area contributed by atoms with Gasteiger partial charge in [0.25, 0.3) is 0 Å². The molecule has 0 saturated carbocycles. The predicted octanol–water partition coefficient (Wildman–Crippen LogP) is 1.04. The lowest BCUT2D eigenvalue weighted by atomic mass is 10.1. The first-order valence-corrected chi connectivity index (χ1v) is 7.05. The first kappa shape index (κ1) is 15.7. The average Bonchev–Trinajstić information content (AvgIpc) is 2.99. The van der Waals surface area contributed by atoms with Crippen molar-refractivity contribution >= 4 is 17.5 Å². The molecule has 2 rings (SSSR count). The van der Waals surface area contributed by atoms with Crippen molar-refractivity contribution in [3.05, 3.63) is 42.5 Å². The van der Waals surface area contributed by atoms with E-state index in [1.807, 2.05) is 26.0 Å². The number of para-hydroxylation sites is 1. The van der Waals surface area contributed by atoms with Gasteiger partial charge in [0.2, 0.25) is 0 Å². The summed E-state index contributed by atoms with van der Waals surface area (Å²) >= 11 is 0. The summed E-state index contributed by atoms with van der Waals surface area (Å²) in [6.45, 7) is 4.86. The third kappa shape index (κ3) is 4.41. The van der Waals surface area contributed by atoms with Crippen LogP contribution in [-0.2, 0) is 16.1 Å². The van der Waals surface area contributed by atoms with E-state index in [9.17, 15) is 9.59 Å². The average molecular weight is 301 g/mol. The Bertz CT molecular complexity index is 637. The number of benzene rings is 1. The van der Waals surface area contributed by atoms with E-state index in [-0.39, 0.29) is 5.92 Å². The van der Waals surface area contributed by atoms with Crippen LogP contribution in [0, 0.1) is 5.92 Å². The number of carbonyl (C=O) groups excluding carboxylic acids is 2. The van der Waals surface area contributed by atoms with Crippen molar-refractivity contribution in [1.82, 2.24) is 20.1 Å². The van der Waals surface area contributed by atoms with Crippen molar-refractivity contribution in [1.29, 1.82) is 0 Å². The van der Waals surface area contributed by atoms with Crippen LogP contribution in [-0.4, -0.2) is 33.1 Å². The molecule has 2 N–H and O–H groups in total. The van der Waals surface area contributed by atoms with Gasteiger partial charge >= 0.3 is 11.8 Å². The first-order chi connectivity index (χ1) is 10.6. The van der Waals surface area contributed by atoms with Crippen LogP contribution in [0.5, 0.6) is 0 Å². The summed E-state index contributed by atoms with van der Waals surface area (Å²) in [5, 5.41) is 9.25. The van der Waals surface area contributed by atoms with Gasteiger partial charge in [-0.1, -0.05) is 32.0 Å². The molecule has 2 amide bonds. The van der Waals surface area contributed by atoms with Crippen molar-refractivity contribution in [2.75, 3.05) is 11.9 Å². The molecular formula is C15H19N5O2. The maximum Gasteiger partial charge on any atom is 0.313 e. The monoisotopic (exact) mass is 301 g/mol. The number of carbonyl (C=O) groups is 2. The second-order valence-electron chi connectivity index (χ2n) is 5.31. The van der Waals surface area contributed by atoms with Gasteiger partial charge in [-0.25, -0.2) is 9.67 Å². The highest BCUT2D eigenvalue weighted by Gasteiger charge is 2.15. The molecule has 0 fully saturated rings. The highest BCUT2D eigenvalue weighted by Crippen LogP contribution is 2.15. The van der Waals surface area contributed by atoms with Crippen LogP contribution < -0.4 is 10.6 Å². The molecule has 1 heterocycles. The van der Waals surface area contributed by atoms with Crippen LogP contribution in [0.4, 0.5) is 5.69 Å². The molecule has 0 spiro atoms. The molecule has 0 atom stereocenters. The van der Waals surface area contributed by atoms with E-state index >= 15 is 0 Å². The number of rotatable bonds is 5. The molecule has 0 aliphatic carbocycles. The Morgan fingerprint density at radius 1 is 1.23 bits per heavy atom. The fourth-order valence-electron chi connectivity index (χ4n) is 1.83. The molecule has 0 bridgehead atoms. The van der Waals surface area contributed by atoms with Crippen LogP contribution in [0.25, 0.3) is 0 Å². The lowest BCUT2D eigenvalue weighted by Gasteiger charge is -2.11. The van der Waals surface area contributed by atoms with Gasteiger partial charge in [-0.2, -0.15) is 5.10 Å². The first-order valence-electron chi connectivity index (χ1n) is 7.05. The van der Waals surface area contributed by atoms with E-state index in [1.165, 1.54) is 6.33 Å². The second-order valence-corrected chi connectivity index (χ2v) is 5.31. The summed E-state index contributed by atoms with van der Waals surface area (Å²) < 4.78 is 1.64. The van der Waals surface area contributed by atoms with Crippen molar-refractivity contribution in [3.8, 4) is 0 Å². The molecule has 116 valence electrons. The molecule has 0 aliphatic heterocycles. The lowest BCUT2D eigenvalue weighted by Crippen LogP contribution is -2.37. The quantitative estimate of drug-likeness (QED) is 0.808. The number of aromatic nitrogens is 3. The minimum absolute atomic E-state index is 0.288. The minimum atomic E-state index is -0.674. The zero-order chi connectivity index (χ0) is 15.9. The molecule has 0 aliphatic rings. The van der Waals surface area contributed by atoms with Crippen molar-refractivity contribution in [2.24, 2.45) is 5.92 Å². The number of nitrogens with zero attached hydrogens (tertiary/aromatic N) is 3. The highest BCUT2D eigenvalue weighted by atomic mass is 16.2. The SMILES string of the molecule is CC(C)CNC(=O)C(=O)Nc1ccccc1Cn1cncn1. The van der Waals surface area contributed by atoms with Crippen LogP contribution in [0.15, 0.2) is 36.9 Å². The van der Waals surface area contributed by atoms with Gasteiger partial charge in [0.1, 0.15) is 12.7 Å². The van der Waals surface area contributed by atoms with E-state index < -0.39 is 11.8 Å². The summed E-state index contributed by atoms with van der Waals surface area (Å²) in [6.07, 6.45) is 3.04.